The first kappa shape index (κ1) is 16.8. The number of methoxy groups -OCH3 is 1. The number of ether oxygens (including phenoxy) is 3. The van der Waals surface area contributed by atoms with Gasteiger partial charge in [0.2, 0.25) is 0 Å². The molecular formula is C11H22N2O5. The molecule has 0 radical (unpaired) electrons. The predicted molar refractivity (Wildman–Crippen MR) is 65.0 cm³/mol. The maximum Gasteiger partial charge on any atom is 0.320 e. The summed E-state index contributed by atoms with van der Waals surface area (Å²) in [5.41, 5.74) is 5.11. The Morgan fingerprint density at radius 2 is 1.78 bits per heavy atom. The third-order valence-corrected chi connectivity index (χ3v) is 2.11. The molecule has 106 valence electrons. The zero-order chi connectivity index (χ0) is 13.8. The molecule has 0 aliphatic carbocycles. The van der Waals surface area contributed by atoms with E-state index in [1.54, 1.807) is 18.9 Å². The highest BCUT2D eigenvalue weighted by atomic mass is 16.5. The van der Waals surface area contributed by atoms with Crippen molar-refractivity contribution in [3.63, 3.8) is 0 Å². The molecule has 0 aromatic rings. The molecule has 0 aromatic heterocycles. The van der Waals surface area contributed by atoms with Gasteiger partial charge >= 0.3 is 11.9 Å². The van der Waals surface area contributed by atoms with Gasteiger partial charge in [0.25, 0.3) is 0 Å². The van der Waals surface area contributed by atoms with Crippen molar-refractivity contribution < 1.29 is 23.8 Å². The molecule has 0 atom stereocenters. The van der Waals surface area contributed by atoms with E-state index in [9.17, 15) is 9.59 Å². The van der Waals surface area contributed by atoms with Gasteiger partial charge in [-0.15, -0.1) is 0 Å². The van der Waals surface area contributed by atoms with Gasteiger partial charge in [0, 0.05) is 20.2 Å². The molecular weight excluding hydrogens is 240 g/mol. The molecule has 0 aliphatic heterocycles. The summed E-state index contributed by atoms with van der Waals surface area (Å²) in [6, 6.07) is 0. The number of esters is 2. The maximum atomic E-state index is 11.3. The van der Waals surface area contributed by atoms with Crippen LogP contribution in [0.1, 0.15) is 6.92 Å². The number of hydrogen-bond acceptors (Lipinski definition) is 7. The Morgan fingerprint density at radius 1 is 1.11 bits per heavy atom. The van der Waals surface area contributed by atoms with Gasteiger partial charge in [-0.2, -0.15) is 0 Å². The van der Waals surface area contributed by atoms with Crippen LogP contribution in [0.15, 0.2) is 0 Å². The second kappa shape index (κ2) is 10.9. The molecule has 7 heteroatoms. The lowest BCUT2D eigenvalue weighted by atomic mass is 10.4. The van der Waals surface area contributed by atoms with E-state index in [-0.39, 0.29) is 25.7 Å². The van der Waals surface area contributed by atoms with Crippen molar-refractivity contribution in [3.05, 3.63) is 0 Å². The standard InChI is InChI=1S/C11H22N2O5/c1-3-17-11(15)9-13(4-6-16-2)5-7-18-10(14)8-12/h3-9,12H2,1-2H3. The Hall–Kier alpha value is -1.18. The second-order valence-corrected chi connectivity index (χ2v) is 3.50. The third-order valence-electron chi connectivity index (χ3n) is 2.11. The van der Waals surface area contributed by atoms with Gasteiger partial charge in [0.05, 0.1) is 26.3 Å². The van der Waals surface area contributed by atoms with Gasteiger partial charge in [0.15, 0.2) is 0 Å². The first-order valence-electron chi connectivity index (χ1n) is 5.86. The molecule has 0 amide bonds. The molecule has 0 rings (SSSR count). The van der Waals surface area contributed by atoms with Crippen LogP contribution in [0.4, 0.5) is 0 Å². The molecule has 18 heavy (non-hydrogen) atoms. The van der Waals surface area contributed by atoms with E-state index in [0.717, 1.165) is 0 Å². The average Bonchev–Trinajstić information content (AvgIpc) is 2.35. The minimum atomic E-state index is -0.460. The third kappa shape index (κ3) is 8.91. The molecule has 0 fully saturated rings. The second-order valence-electron chi connectivity index (χ2n) is 3.50. The van der Waals surface area contributed by atoms with Crippen LogP contribution < -0.4 is 5.73 Å². The lowest BCUT2D eigenvalue weighted by Gasteiger charge is -2.20. The average molecular weight is 262 g/mol. The molecule has 0 saturated heterocycles. The molecule has 0 spiro atoms. The van der Waals surface area contributed by atoms with Crippen molar-refractivity contribution in [2.24, 2.45) is 5.73 Å². The van der Waals surface area contributed by atoms with Gasteiger partial charge in [-0.05, 0) is 6.92 Å². The summed E-state index contributed by atoms with van der Waals surface area (Å²) in [5.74, 6) is -0.767. The van der Waals surface area contributed by atoms with E-state index in [1.807, 2.05) is 0 Å². The summed E-state index contributed by atoms with van der Waals surface area (Å²) >= 11 is 0. The summed E-state index contributed by atoms with van der Waals surface area (Å²) < 4.78 is 14.6. The van der Waals surface area contributed by atoms with Crippen LogP contribution in [0, 0.1) is 0 Å². The van der Waals surface area contributed by atoms with E-state index in [4.69, 9.17) is 19.9 Å². The number of hydrogen-bond donors (Lipinski definition) is 1. The number of nitrogens with two attached hydrogens (primary N) is 1. The Morgan fingerprint density at radius 3 is 2.33 bits per heavy atom. The topological polar surface area (TPSA) is 91.1 Å². The summed E-state index contributed by atoms with van der Waals surface area (Å²) in [7, 11) is 1.58. The molecule has 0 aromatic carbocycles. The monoisotopic (exact) mass is 262 g/mol. The van der Waals surface area contributed by atoms with Gasteiger partial charge < -0.3 is 19.9 Å². The molecule has 0 bridgehead atoms. The Bertz CT molecular complexity index is 248. The van der Waals surface area contributed by atoms with Gasteiger partial charge in [-0.1, -0.05) is 0 Å². The van der Waals surface area contributed by atoms with Crippen LogP contribution in [0.5, 0.6) is 0 Å². The van der Waals surface area contributed by atoms with Crippen LogP contribution in [-0.2, 0) is 23.8 Å². The highest BCUT2D eigenvalue weighted by molar-refractivity contribution is 5.72. The van der Waals surface area contributed by atoms with Crippen molar-refractivity contribution in [3.8, 4) is 0 Å². The van der Waals surface area contributed by atoms with Crippen LogP contribution in [0.3, 0.4) is 0 Å². The summed E-state index contributed by atoms with van der Waals surface area (Å²) in [6.07, 6.45) is 0. The minimum Gasteiger partial charge on any atom is -0.465 e. The Kier molecular flexibility index (Phi) is 10.2. The van der Waals surface area contributed by atoms with Crippen LogP contribution in [-0.4, -0.2) is 69.9 Å². The Balaban J connectivity index is 3.97. The van der Waals surface area contributed by atoms with Crippen molar-refractivity contribution in [2.75, 3.05) is 53.1 Å². The number of nitrogens with zero attached hydrogens (tertiary/aromatic N) is 1. The largest absolute Gasteiger partial charge is 0.465 e. The van der Waals surface area contributed by atoms with Crippen molar-refractivity contribution in [1.29, 1.82) is 0 Å². The number of carbonyl (C=O) groups excluding carboxylic acids is 2. The highest BCUT2D eigenvalue weighted by Crippen LogP contribution is 1.92. The summed E-state index contributed by atoms with van der Waals surface area (Å²) in [5, 5.41) is 0. The maximum absolute atomic E-state index is 11.3. The molecule has 7 nitrogen and oxygen atoms in total. The molecule has 0 saturated carbocycles. The fourth-order valence-electron chi connectivity index (χ4n) is 1.23. The lowest BCUT2D eigenvalue weighted by molar-refractivity contribution is -0.145. The van der Waals surface area contributed by atoms with Crippen LogP contribution in [0.2, 0.25) is 0 Å². The van der Waals surface area contributed by atoms with Gasteiger partial charge in [0.1, 0.15) is 6.61 Å². The normalized spacial score (nSPS) is 10.4. The molecule has 2 N–H and O–H groups in total. The quantitative estimate of drug-likeness (QED) is 0.505. The predicted octanol–water partition coefficient (Wildman–Crippen LogP) is -1.00. The van der Waals surface area contributed by atoms with E-state index in [1.165, 1.54) is 0 Å². The van der Waals surface area contributed by atoms with E-state index in [0.29, 0.717) is 26.3 Å². The first-order valence-corrected chi connectivity index (χ1v) is 5.86. The number of rotatable bonds is 10. The van der Waals surface area contributed by atoms with E-state index >= 15 is 0 Å². The molecule has 0 unspecified atom stereocenters. The zero-order valence-corrected chi connectivity index (χ0v) is 11.0. The van der Waals surface area contributed by atoms with Crippen LogP contribution >= 0.6 is 0 Å². The Labute approximate surface area is 107 Å². The summed E-state index contributed by atoms with van der Waals surface area (Å²) in [4.78, 5) is 24.0. The SMILES string of the molecule is CCOC(=O)CN(CCOC)CCOC(=O)CN. The van der Waals surface area contributed by atoms with Crippen LogP contribution in [0.25, 0.3) is 0 Å². The zero-order valence-electron chi connectivity index (χ0n) is 11.0. The molecule has 0 heterocycles. The van der Waals surface area contributed by atoms with Gasteiger partial charge in [-0.25, -0.2) is 0 Å². The van der Waals surface area contributed by atoms with Gasteiger partial charge in [-0.3, -0.25) is 14.5 Å². The molecule has 0 aliphatic rings. The van der Waals surface area contributed by atoms with E-state index < -0.39 is 5.97 Å². The number of carbonyl (C=O) groups is 2. The fourth-order valence-corrected chi connectivity index (χ4v) is 1.23. The first-order chi connectivity index (χ1) is 8.63. The van der Waals surface area contributed by atoms with Crippen molar-refractivity contribution in [2.45, 2.75) is 6.92 Å². The minimum absolute atomic E-state index is 0.143. The highest BCUT2D eigenvalue weighted by Gasteiger charge is 2.12. The lowest BCUT2D eigenvalue weighted by Crippen LogP contribution is -2.36. The summed E-state index contributed by atoms with van der Waals surface area (Å²) in [6.45, 7) is 3.79. The van der Waals surface area contributed by atoms with E-state index in [2.05, 4.69) is 0 Å². The van der Waals surface area contributed by atoms with Crippen molar-refractivity contribution >= 4 is 11.9 Å². The smallest absolute Gasteiger partial charge is 0.320 e. The fraction of sp³-hybridized carbons (Fsp3) is 0.818. The van der Waals surface area contributed by atoms with Crippen molar-refractivity contribution in [1.82, 2.24) is 4.90 Å².